The van der Waals surface area contributed by atoms with Gasteiger partial charge in [-0.05, 0) is 37.5 Å². The first-order valence-corrected chi connectivity index (χ1v) is 14.5. The molecule has 0 radical (unpaired) electrons. The number of aliphatic hydroxyl groups excluding tert-OH is 4. The average molecular weight is 535 g/mol. The van der Waals surface area contributed by atoms with Crippen LogP contribution in [0.5, 0.6) is 0 Å². The van der Waals surface area contributed by atoms with Crippen LogP contribution in [-0.2, 0) is 9.53 Å². The van der Waals surface area contributed by atoms with E-state index in [9.17, 15) is 25.2 Å². The van der Waals surface area contributed by atoms with Gasteiger partial charge in [-0.3, -0.25) is 0 Å². The lowest BCUT2D eigenvalue weighted by Crippen LogP contribution is -2.37. The summed E-state index contributed by atoms with van der Waals surface area (Å²) in [6.45, 7) is 13.9. The highest BCUT2D eigenvalue weighted by atomic mass is 16.5. The number of aliphatic hydroxyl groups is 4. The SMILES string of the molecule is CC/C=C\[C@H](C)[C@@H]1OC(=O)/C=C\C=C\[C@H](C)[C@@H](O)C[C@H](O)/C=C\[C@H](C)[C@H](O)[C@@H](C)C[C@@H](C)CC[C@@H](O)[C@@H]1C. The Balaban J connectivity index is 3.16. The van der Waals surface area contributed by atoms with Crippen LogP contribution in [0.4, 0.5) is 0 Å². The van der Waals surface area contributed by atoms with E-state index in [0.29, 0.717) is 12.3 Å². The van der Waals surface area contributed by atoms with Crippen molar-refractivity contribution in [2.45, 2.75) is 111 Å². The summed E-state index contributed by atoms with van der Waals surface area (Å²) in [5, 5.41) is 42.7. The van der Waals surface area contributed by atoms with Crippen molar-refractivity contribution < 1.29 is 30.0 Å². The summed E-state index contributed by atoms with van der Waals surface area (Å²) in [4.78, 5) is 12.6. The van der Waals surface area contributed by atoms with Gasteiger partial charge in [0.15, 0.2) is 0 Å². The molecule has 0 aliphatic carbocycles. The van der Waals surface area contributed by atoms with Crippen molar-refractivity contribution in [3.8, 4) is 0 Å². The topological polar surface area (TPSA) is 107 Å². The van der Waals surface area contributed by atoms with Gasteiger partial charge in [0, 0.05) is 36.2 Å². The minimum Gasteiger partial charge on any atom is -0.458 e. The molecule has 1 rings (SSSR count). The molecular formula is C32H54O6. The number of carbonyl (C=O) groups excluding carboxylic acids is 1. The smallest absolute Gasteiger partial charge is 0.331 e. The molecule has 11 atom stereocenters. The molecule has 6 heteroatoms. The minimum absolute atomic E-state index is 0.0460. The molecule has 0 fully saturated rings. The molecule has 4 N–H and O–H groups in total. The number of carbonyl (C=O) groups is 1. The molecule has 0 bridgehead atoms. The molecule has 0 saturated heterocycles. The number of rotatable bonds is 3. The molecule has 0 aromatic rings. The van der Waals surface area contributed by atoms with Gasteiger partial charge in [-0.2, -0.15) is 0 Å². The van der Waals surface area contributed by atoms with E-state index in [0.717, 1.165) is 19.3 Å². The fraction of sp³-hybridized carbons (Fsp3) is 0.719. The van der Waals surface area contributed by atoms with Gasteiger partial charge in [-0.1, -0.05) is 91.0 Å². The lowest BCUT2D eigenvalue weighted by Gasteiger charge is -2.31. The summed E-state index contributed by atoms with van der Waals surface area (Å²) >= 11 is 0. The van der Waals surface area contributed by atoms with Crippen LogP contribution in [-0.4, -0.2) is 56.9 Å². The van der Waals surface area contributed by atoms with E-state index in [1.807, 2.05) is 52.8 Å². The number of esters is 1. The quantitative estimate of drug-likeness (QED) is 0.287. The summed E-state index contributed by atoms with van der Waals surface area (Å²) in [5.74, 6) is -0.806. The van der Waals surface area contributed by atoms with Crippen LogP contribution >= 0.6 is 0 Å². The van der Waals surface area contributed by atoms with E-state index in [-0.39, 0.29) is 36.0 Å². The minimum atomic E-state index is -0.822. The lowest BCUT2D eigenvalue weighted by atomic mass is 9.82. The molecule has 1 aliphatic heterocycles. The largest absolute Gasteiger partial charge is 0.458 e. The average Bonchev–Trinajstić information content (AvgIpc) is 2.88. The Morgan fingerprint density at radius 3 is 2.26 bits per heavy atom. The predicted octanol–water partition coefficient (Wildman–Crippen LogP) is 5.37. The maximum atomic E-state index is 12.6. The zero-order valence-corrected chi connectivity index (χ0v) is 24.6. The standard InChI is InChI=1S/C32H54O6/c1-8-9-12-24(5)32-26(7)28(34)18-15-21(2)19-25(6)31(37)23(4)16-17-27(33)20-29(35)22(3)13-10-11-14-30(36)38-32/h9-14,16-17,21-29,31-35,37H,8,15,18-20H2,1-7H3/b12-9-,13-10+,14-11-,17-16-/t21-,22-,23-,24-,25-,26-,27+,28+,29-,31-,32-/m0/s1. The molecule has 38 heavy (non-hydrogen) atoms. The van der Waals surface area contributed by atoms with Crippen LogP contribution in [0.15, 0.2) is 48.6 Å². The molecule has 6 nitrogen and oxygen atoms in total. The van der Waals surface area contributed by atoms with Crippen molar-refractivity contribution in [1.82, 2.24) is 0 Å². The van der Waals surface area contributed by atoms with Crippen LogP contribution in [0.2, 0.25) is 0 Å². The Kier molecular flexibility index (Phi) is 16.0. The lowest BCUT2D eigenvalue weighted by molar-refractivity contribution is -0.150. The normalized spacial score (nSPS) is 40.9. The van der Waals surface area contributed by atoms with Crippen molar-refractivity contribution in [2.75, 3.05) is 0 Å². The maximum Gasteiger partial charge on any atom is 0.331 e. The summed E-state index contributed by atoms with van der Waals surface area (Å²) in [6, 6.07) is 0. The summed E-state index contributed by atoms with van der Waals surface area (Å²) in [5.41, 5.74) is 0. The Hall–Kier alpha value is -1.73. The third-order valence-electron chi connectivity index (χ3n) is 7.91. The molecule has 1 aliphatic rings. The first-order chi connectivity index (χ1) is 17.9. The van der Waals surface area contributed by atoms with Crippen molar-refractivity contribution in [3.63, 3.8) is 0 Å². The van der Waals surface area contributed by atoms with E-state index in [1.165, 1.54) is 6.08 Å². The Bertz CT molecular complexity index is 787. The van der Waals surface area contributed by atoms with Crippen molar-refractivity contribution in [3.05, 3.63) is 48.6 Å². The van der Waals surface area contributed by atoms with Gasteiger partial charge in [0.25, 0.3) is 0 Å². The summed E-state index contributed by atoms with van der Waals surface area (Å²) in [7, 11) is 0. The highest BCUT2D eigenvalue weighted by molar-refractivity contribution is 5.82. The van der Waals surface area contributed by atoms with Crippen LogP contribution < -0.4 is 0 Å². The second-order valence-corrected chi connectivity index (χ2v) is 11.6. The summed E-state index contributed by atoms with van der Waals surface area (Å²) < 4.78 is 5.84. The van der Waals surface area contributed by atoms with Crippen molar-refractivity contribution >= 4 is 5.97 Å². The van der Waals surface area contributed by atoms with Gasteiger partial charge in [0.1, 0.15) is 6.10 Å². The zero-order chi connectivity index (χ0) is 28.8. The highest BCUT2D eigenvalue weighted by Gasteiger charge is 2.31. The molecule has 0 aromatic carbocycles. The molecule has 0 unspecified atom stereocenters. The fourth-order valence-corrected chi connectivity index (χ4v) is 5.13. The molecule has 0 spiro atoms. The second-order valence-electron chi connectivity index (χ2n) is 11.6. The molecule has 0 saturated carbocycles. The fourth-order valence-electron chi connectivity index (χ4n) is 5.13. The Morgan fingerprint density at radius 1 is 0.921 bits per heavy atom. The first-order valence-electron chi connectivity index (χ1n) is 14.5. The van der Waals surface area contributed by atoms with Crippen LogP contribution in [0, 0.1) is 35.5 Å². The van der Waals surface area contributed by atoms with Gasteiger partial charge < -0.3 is 25.2 Å². The van der Waals surface area contributed by atoms with E-state index in [1.54, 1.807) is 24.3 Å². The van der Waals surface area contributed by atoms with E-state index in [4.69, 9.17) is 4.74 Å². The monoisotopic (exact) mass is 534 g/mol. The Labute approximate surface area is 231 Å². The molecule has 1 heterocycles. The summed E-state index contributed by atoms with van der Waals surface area (Å²) in [6.07, 6.45) is 14.0. The van der Waals surface area contributed by atoms with E-state index >= 15 is 0 Å². The zero-order valence-electron chi connectivity index (χ0n) is 24.6. The van der Waals surface area contributed by atoms with Gasteiger partial charge in [-0.15, -0.1) is 0 Å². The molecule has 0 amide bonds. The van der Waals surface area contributed by atoms with E-state index in [2.05, 4.69) is 13.8 Å². The van der Waals surface area contributed by atoms with Gasteiger partial charge in [0.05, 0.1) is 24.4 Å². The van der Waals surface area contributed by atoms with Crippen LogP contribution in [0.3, 0.4) is 0 Å². The third kappa shape index (κ3) is 12.4. The van der Waals surface area contributed by atoms with Crippen molar-refractivity contribution in [1.29, 1.82) is 0 Å². The number of hydrogen-bond donors (Lipinski definition) is 4. The third-order valence-corrected chi connectivity index (χ3v) is 7.91. The van der Waals surface area contributed by atoms with Gasteiger partial charge in [0.2, 0.25) is 0 Å². The predicted molar refractivity (Wildman–Crippen MR) is 154 cm³/mol. The number of hydrogen-bond acceptors (Lipinski definition) is 6. The van der Waals surface area contributed by atoms with Gasteiger partial charge in [-0.25, -0.2) is 4.79 Å². The first kappa shape index (κ1) is 34.3. The molecular weight excluding hydrogens is 480 g/mol. The van der Waals surface area contributed by atoms with E-state index < -0.39 is 36.5 Å². The van der Waals surface area contributed by atoms with Crippen LogP contribution in [0.25, 0.3) is 0 Å². The van der Waals surface area contributed by atoms with Crippen molar-refractivity contribution in [2.24, 2.45) is 35.5 Å². The number of cyclic esters (lactones) is 1. The molecule has 0 aromatic heterocycles. The second kappa shape index (κ2) is 17.8. The molecule has 218 valence electrons. The van der Waals surface area contributed by atoms with Gasteiger partial charge >= 0.3 is 5.97 Å². The highest BCUT2D eigenvalue weighted by Crippen LogP contribution is 2.28. The van der Waals surface area contributed by atoms with Crippen LogP contribution in [0.1, 0.15) is 80.6 Å². The number of ether oxygens (including phenoxy) is 1. The maximum absolute atomic E-state index is 12.6. The number of allylic oxidation sites excluding steroid dienone is 3. The Morgan fingerprint density at radius 2 is 1.61 bits per heavy atom.